The standard InChI is InChI=1S/C23H26O7/c1-2-26-22(24)23(25)18-15-29-21(30-18)19(27-13-16-9-5-3-6-10-16)20(23)28-14-17-11-7-4-8-12-17/h3-12,18-21,25H,2,13-15H2,1H3/t18-,19-,20-,21-,23+/m1/s1. The highest BCUT2D eigenvalue weighted by Gasteiger charge is 2.65. The zero-order valence-corrected chi connectivity index (χ0v) is 16.8. The van der Waals surface area contributed by atoms with Crippen molar-refractivity contribution in [1.82, 2.24) is 0 Å². The summed E-state index contributed by atoms with van der Waals surface area (Å²) in [6, 6.07) is 19.1. The molecule has 2 fully saturated rings. The highest BCUT2D eigenvalue weighted by atomic mass is 16.8. The van der Waals surface area contributed by atoms with Gasteiger partial charge in [-0.15, -0.1) is 0 Å². The monoisotopic (exact) mass is 414 g/mol. The van der Waals surface area contributed by atoms with Crippen LogP contribution in [0, 0.1) is 0 Å². The molecule has 0 spiro atoms. The van der Waals surface area contributed by atoms with Crippen LogP contribution in [0.25, 0.3) is 0 Å². The van der Waals surface area contributed by atoms with Crippen molar-refractivity contribution in [3.8, 4) is 0 Å². The second-order valence-electron chi connectivity index (χ2n) is 7.35. The molecular formula is C23H26O7. The molecule has 2 saturated heterocycles. The summed E-state index contributed by atoms with van der Waals surface area (Å²) in [5.41, 5.74) is -0.191. The molecular weight excluding hydrogens is 388 g/mol. The first-order valence-corrected chi connectivity index (χ1v) is 10.1. The highest BCUT2D eigenvalue weighted by molar-refractivity contribution is 5.81. The number of rotatable bonds is 8. The largest absolute Gasteiger partial charge is 0.464 e. The van der Waals surface area contributed by atoms with Crippen LogP contribution in [0.1, 0.15) is 18.1 Å². The number of carbonyl (C=O) groups excluding carboxylic acids is 1. The van der Waals surface area contributed by atoms with E-state index in [1.165, 1.54) is 0 Å². The fourth-order valence-corrected chi connectivity index (χ4v) is 3.81. The van der Waals surface area contributed by atoms with Crippen molar-refractivity contribution in [2.45, 2.75) is 50.3 Å². The Morgan fingerprint density at radius 3 is 2.23 bits per heavy atom. The number of ether oxygens (including phenoxy) is 5. The van der Waals surface area contributed by atoms with Crippen LogP contribution in [-0.4, -0.2) is 54.5 Å². The average molecular weight is 414 g/mol. The Balaban J connectivity index is 1.59. The van der Waals surface area contributed by atoms with E-state index >= 15 is 0 Å². The minimum Gasteiger partial charge on any atom is -0.464 e. The first-order valence-electron chi connectivity index (χ1n) is 10.1. The van der Waals surface area contributed by atoms with Gasteiger partial charge in [0.2, 0.25) is 5.60 Å². The van der Waals surface area contributed by atoms with Gasteiger partial charge >= 0.3 is 5.97 Å². The molecule has 0 unspecified atom stereocenters. The molecule has 0 amide bonds. The highest BCUT2D eigenvalue weighted by Crippen LogP contribution is 2.40. The Hall–Kier alpha value is -2.29. The Morgan fingerprint density at radius 1 is 1.03 bits per heavy atom. The van der Waals surface area contributed by atoms with Gasteiger partial charge in [0.15, 0.2) is 6.29 Å². The molecule has 2 aliphatic rings. The Bertz CT molecular complexity index is 828. The molecule has 0 saturated carbocycles. The van der Waals surface area contributed by atoms with Crippen molar-refractivity contribution in [2.24, 2.45) is 0 Å². The number of hydrogen-bond acceptors (Lipinski definition) is 7. The molecule has 2 heterocycles. The van der Waals surface area contributed by atoms with Crippen LogP contribution in [-0.2, 0) is 41.7 Å². The maximum absolute atomic E-state index is 12.8. The van der Waals surface area contributed by atoms with Crippen molar-refractivity contribution < 1.29 is 33.6 Å². The van der Waals surface area contributed by atoms with Gasteiger partial charge in [-0.05, 0) is 18.1 Å². The second kappa shape index (κ2) is 9.24. The van der Waals surface area contributed by atoms with Gasteiger partial charge in [0.1, 0.15) is 18.3 Å². The zero-order valence-electron chi connectivity index (χ0n) is 16.8. The molecule has 0 aromatic heterocycles. The van der Waals surface area contributed by atoms with Crippen molar-refractivity contribution in [1.29, 1.82) is 0 Å². The fourth-order valence-electron chi connectivity index (χ4n) is 3.81. The van der Waals surface area contributed by atoms with Gasteiger partial charge in [-0.3, -0.25) is 0 Å². The molecule has 160 valence electrons. The summed E-state index contributed by atoms with van der Waals surface area (Å²) in [5.74, 6) is -0.801. The van der Waals surface area contributed by atoms with Crippen LogP contribution in [0.15, 0.2) is 60.7 Å². The lowest BCUT2D eigenvalue weighted by atomic mass is 9.85. The minimum absolute atomic E-state index is 0.0520. The van der Waals surface area contributed by atoms with Crippen LogP contribution in [0.4, 0.5) is 0 Å². The molecule has 2 aliphatic heterocycles. The van der Waals surface area contributed by atoms with E-state index in [-0.39, 0.29) is 26.4 Å². The Kier molecular flexibility index (Phi) is 6.46. The Morgan fingerprint density at radius 2 is 1.63 bits per heavy atom. The molecule has 7 heteroatoms. The number of hydrogen-bond donors (Lipinski definition) is 1. The number of fused-ring (bicyclic) bond motifs is 2. The smallest absolute Gasteiger partial charge is 0.343 e. The van der Waals surface area contributed by atoms with Crippen LogP contribution in [0.3, 0.4) is 0 Å². The number of carbonyl (C=O) groups is 1. The maximum Gasteiger partial charge on any atom is 0.343 e. The molecule has 30 heavy (non-hydrogen) atoms. The maximum atomic E-state index is 12.8. The second-order valence-corrected chi connectivity index (χ2v) is 7.35. The van der Waals surface area contributed by atoms with Crippen LogP contribution >= 0.6 is 0 Å². The molecule has 7 nitrogen and oxygen atoms in total. The minimum atomic E-state index is -2.04. The van der Waals surface area contributed by atoms with Crippen molar-refractivity contribution in [2.75, 3.05) is 13.2 Å². The lowest BCUT2D eigenvalue weighted by Crippen LogP contribution is -2.68. The van der Waals surface area contributed by atoms with E-state index in [2.05, 4.69) is 0 Å². The SMILES string of the molecule is CCOC(=O)[C@@]1(O)[C@H](OCc2ccccc2)[C@@H](OCc2ccccc2)[C@@H]2OC[C@H]1O2. The van der Waals surface area contributed by atoms with Crippen molar-refractivity contribution in [3.05, 3.63) is 71.8 Å². The van der Waals surface area contributed by atoms with Gasteiger partial charge < -0.3 is 28.8 Å². The first kappa shape index (κ1) is 21.0. The van der Waals surface area contributed by atoms with Crippen LogP contribution in [0.5, 0.6) is 0 Å². The summed E-state index contributed by atoms with van der Waals surface area (Å²) in [5, 5.41) is 11.5. The first-order chi connectivity index (χ1) is 14.6. The Labute approximate surface area is 175 Å². The summed E-state index contributed by atoms with van der Waals surface area (Å²) in [7, 11) is 0. The molecule has 4 rings (SSSR count). The number of esters is 1. The molecule has 2 aromatic rings. The van der Waals surface area contributed by atoms with E-state index in [0.717, 1.165) is 11.1 Å². The van der Waals surface area contributed by atoms with E-state index in [1.807, 2.05) is 60.7 Å². The van der Waals surface area contributed by atoms with E-state index < -0.39 is 36.2 Å². The lowest BCUT2D eigenvalue weighted by molar-refractivity contribution is -0.290. The third-order valence-corrected chi connectivity index (χ3v) is 5.36. The zero-order chi connectivity index (χ0) is 21.0. The third-order valence-electron chi connectivity index (χ3n) is 5.36. The summed E-state index contributed by atoms with van der Waals surface area (Å²) in [4.78, 5) is 12.8. The molecule has 0 radical (unpaired) electrons. The van der Waals surface area contributed by atoms with E-state index in [1.54, 1.807) is 6.92 Å². The van der Waals surface area contributed by atoms with Gasteiger partial charge in [0.25, 0.3) is 0 Å². The van der Waals surface area contributed by atoms with Gasteiger partial charge in [0, 0.05) is 0 Å². The molecule has 2 aromatic carbocycles. The quantitative estimate of drug-likeness (QED) is 0.663. The van der Waals surface area contributed by atoms with Crippen molar-refractivity contribution >= 4 is 5.97 Å². The van der Waals surface area contributed by atoms with E-state index in [0.29, 0.717) is 0 Å². The normalized spacial score (nSPS) is 30.2. The molecule has 1 N–H and O–H groups in total. The fraction of sp³-hybridized carbons (Fsp3) is 0.435. The topological polar surface area (TPSA) is 83.5 Å². The summed E-state index contributed by atoms with van der Waals surface area (Å²) in [6.07, 6.45) is -3.47. The van der Waals surface area contributed by atoms with E-state index in [9.17, 15) is 9.90 Å². The summed E-state index contributed by atoms with van der Waals surface area (Å²) < 4.78 is 28.8. The molecule has 5 atom stereocenters. The molecule has 2 bridgehead atoms. The van der Waals surface area contributed by atoms with Gasteiger partial charge in [-0.25, -0.2) is 4.79 Å². The third kappa shape index (κ3) is 4.12. The summed E-state index contributed by atoms with van der Waals surface area (Å²) in [6.45, 7) is 2.30. The van der Waals surface area contributed by atoms with Gasteiger partial charge in [-0.1, -0.05) is 60.7 Å². The van der Waals surface area contributed by atoms with Crippen molar-refractivity contribution in [3.63, 3.8) is 0 Å². The predicted molar refractivity (Wildman–Crippen MR) is 106 cm³/mol. The predicted octanol–water partition coefficient (Wildman–Crippen LogP) is 2.21. The lowest BCUT2D eigenvalue weighted by Gasteiger charge is -2.44. The van der Waals surface area contributed by atoms with E-state index in [4.69, 9.17) is 23.7 Å². The number of benzene rings is 2. The average Bonchev–Trinajstić information content (AvgIpc) is 3.23. The summed E-state index contributed by atoms with van der Waals surface area (Å²) >= 11 is 0. The van der Waals surface area contributed by atoms with Gasteiger partial charge in [0.05, 0.1) is 26.4 Å². The van der Waals surface area contributed by atoms with Crippen LogP contribution in [0.2, 0.25) is 0 Å². The number of aliphatic hydroxyl groups is 1. The molecule has 0 aliphatic carbocycles. The van der Waals surface area contributed by atoms with Gasteiger partial charge in [-0.2, -0.15) is 0 Å². The van der Waals surface area contributed by atoms with Crippen LogP contribution < -0.4 is 0 Å².